The van der Waals surface area contributed by atoms with E-state index in [2.05, 4.69) is 10.4 Å². The lowest BCUT2D eigenvalue weighted by atomic mass is 10.1. The molecule has 24 heavy (non-hydrogen) atoms. The maximum Gasteiger partial charge on any atom is 0.388 e. The van der Waals surface area contributed by atoms with Crippen LogP contribution in [0.1, 0.15) is 25.0 Å². The zero-order valence-corrected chi connectivity index (χ0v) is 15.6. The zero-order chi connectivity index (χ0) is 17.7. The first-order valence-electron chi connectivity index (χ1n) is 7.38. The lowest BCUT2D eigenvalue weighted by Gasteiger charge is -2.07. The van der Waals surface area contributed by atoms with E-state index in [4.69, 9.17) is 9.57 Å². The van der Waals surface area contributed by atoms with Crippen LogP contribution in [0.4, 0.5) is 4.79 Å². The summed E-state index contributed by atoms with van der Waals surface area (Å²) in [7, 11) is 2.95. The molecule has 1 amide bonds. The summed E-state index contributed by atoms with van der Waals surface area (Å²) < 4.78 is 7.08. The maximum atomic E-state index is 12.3. The topological polar surface area (TPSA) is 87.4 Å². The molecule has 0 unspecified atom stereocenters. The molecule has 0 fully saturated rings. The summed E-state index contributed by atoms with van der Waals surface area (Å²) in [5.41, 5.74) is 1.38. The van der Waals surface area contributed by atoms with Gasteiger partial charge in [-0.3, -0.25) is 0 Å². The molecular weight excluding hydrogens is 352 g/mol. The standard InChI is InChI=1S/C14H20N4O4S2/c1-5-9-8-24-11(21-3)10(9)7-15-12(19)17-14(20)18(22-4)13(16-17)23-6-2/h8H,5-7H2,1-4H3,(H,15,19). The lowest BCUT2D eigenvalue weighted by molar-refractivity contribution is 0.134. The van der Waals surface area contributed by atoms with Crippen molar-refractivity contribution in [3.8, 4) is 5.06 Å². The molecule has 132 valence electrons. The molecule has 0 radical (unpaired) electrons. The number of carbonyl (C=O) groups is 1. The smallest absolute Gasteiger partial charge is 0.388 e. The number of thioether (sulfide) groups is 1. The molecule has 8 nitrogen and oxygen atoms in total. The van der Waals surface area contributed by atoms with Gasteiger partial charge in [0.25, 0.3) is 0 Å². The van der Waals surface area contributed by atoms with Crippen LogP contribution in [0.3, 0.4) is 0 Å². The number of thiophene rings is 1. The molecule has 0 saturated heterocycles. The van der Waals surface area contributed by atoms with Crippen LogP contribution < -0.4 is 20.6 Å². The fraction of sp³-hybridized carbons (Fsp3) is 0.500. The van der Waals surface area contributed by atoms with Gasteiger partial charge in [0.2, 0.25) is 5.16 Å². The molecule has 10 heteroatoms. The van der Waals surface area contributed by atoms with Crippen molar-refractivity contribution in [2.45, 2.75) is 32.0 Å². The van der Waals surface area contributed by atoms with E-state index in [-0.39, 0.29) is 6.54 Å². The van der Waals surface area contributed by atoms with Gasteiger partial charge in [-0.05, 0) is 23.1 Å². The summed E-state index contributed by atoms with van der Waals surface area (Å²) >= 11 is 2.80. The predicted molar refractivity (Wildman–Crippen MR) is 93.3 cm³/mol. The molecule has 2 aromatic heterocycles. The molecule has 0 saturated carbocycles. The fourth-order valence-electron chi connectivity index (χ4n) is 2.13. The van der Waals surface area contributed by atoms with Crippen LogP contribution in [-0.2, 0) is 13.0 Å². The number of amides is 1. The minimum Gasteiger partial charge on any atom is -0.487 e. The van der Waals surface area contributed by atoms with Crippen molar-refractivity contribution < 1.29 is 14.4 Å². The molecule has 2 aromatic rings. The normalized spacial score (nSPS) is 10.7. The van der Waals surface area contributed by atoms with Crippen molar-refractivity contribution in [2.24, 2.45) is 0 Å². The van der Waals surface area contributed by atoms with E-state index in [0.717, 1.165) is 32.0 Å². The van der Waals surface area contributed by atoms with Crippen LogP contribution in [0.25, 0.3) is 0 Å². The first-order valence-corrected chi connectivity index (χ1v) is 9.24. The van der Waals surface area contributed by atoms with Crippen molar-refractivity contribution in [3.05, 3.63) is 27.0 Å². The second-order valence-electron chi connectivity index (χ2n) is 4.63. The number of hydrogen-bond donors (Lipinski definition) is 1. The number of methoxy groups -OCH3 is 1. The van der Waals surface area contributed by atoms with Crippen molar-refractivity contribution in [3.63, 3.8) is 0 Å². The highest BCUT2D eigenvalue weighted by Gasteiger charge is 2.20. The van der Waals surface area contributed by atoms with Gasteiger partial charge < -0.3 is 14.9 Å². The SMILES string of the molecule is CCSc1nn(C(=O)NCc2c(CC)csc2OC)c(=O)n1OC. The molecule has 1 N–H and O–H groups in total. The summed E-state index contributed by atoms with van der Waals surface area (Å²) in [5.74, 6) is 0.702. The van der Waals surface area contributed by atoms with Crippen molar-refractivity contribution in [2.75, 3.05) is 20.0 Å². The van der Waals surface area contributed by atoms with Gasteiger partial charge in [0.1, 0.15) is 7.11 Å². The van der Waals surface area contributed by atoms with Gasteiger partial charge >= 0.3 is 11.7 Å². The first-order chi connectivity index (χ1) is 11.6. The van der Waals surface area contributed by atoms with E-state index >= 15 is 0 Å². The van der Waals surface area contributed by atoms with Gasteiger partial charge in [-0.15, -0.1) is 25.8 Å². The summed E-state index contributed by atoms with van der Waals surface area (Å²) in [5, 5.41) is 9.82. The number of nitrogens with one attached hydrogen (secondary N) is 1. The monoisotopic (exact) mass is 372 g/mol. The zero-order valence-electron chi connectivity index (χ0n) is 14.0. The molecular formula is C14H20N4O4S2. The Hall–Kier alpha value is -1.94. The largest absolute Gasteiger partial charge is 0.487 e. The highest BCUT2D eigenvalue weighted by molar-refractivity contribution is 7.99. The molecule has 2 rings (SSSR count). The third kappa shape index (κ3) is 3.59. The molecule has 0 atom stereocenters. The van der Waals surface area contributed by atoms with Gasteiger partial charge in [0.05, 0.1) is 7.11 Å². The Morgan fingerprint density at radius 1 is 1.42 bits per heavy atom. The number of nitrogens with zero attached hydrogens (tertiary/aromatic N) is 3. The fourth-order valence-corrected chi connectivity index (χ4v) is 3.80. The van der Waals surface area contributed by atoms with Crippen molar-refractivity contribution >= 4 is 29.1 Å². The summed E-state index contributed by atoms with van der Waals surface area (Å²) in [4.78, 5) is 29.5. The number of rotatable bonds is 7. The Morgan fingerprint density at radius 3 is 2.75 bits per heavy atom. The van der Waals surface area contributed by atoms with E-state index < -0.39 is 11.7 Å². The Labute approximate surface area is 147 Å². The third-order valence-electron chi connectivity index (χ3n) is 3.29. The second-order valence-corrected chi connectivity index (χ2v) is 6.70. The number of hydrogen-bond acceptors (Lipinski definition) is 7. The Balaban J connectivity index is 2.19. The van der Waals surface area contributed by atoms with Gasteiger partial charge in [-0.25, -0.2) is 9.59 Å². The van der Waals surface area contributed by atoms with Gasteiger partial charge in [0, 0.05) is 12.1 Å². The van der Waals surface area contributed by atoms with Crippen LogP contribution in [-0.4, -0.2) is 40.5 Å². The molecule has 0 spiro atoms. The summed E-state index contributed by atoms with van der Waals surface area (Å²) in [6.45, 7) is 4.21. The van der Waals surface area contributed by atoms with E-state index in [1.807, 2.05) is 19.2 Å². The predicted octanol–water partition coefficient (Wildman–Crippen LogP) is 1.61. The molecule has 2 heterocycles. The van der Waals surface area contributed by atoms with Crippen LogP contribution >= 0.6 is 23.1 Å². The Morgan fingerprint density at radius 2 is 2.17 bits per heavy atom. The van der Waals surface area contributed by atoms with Gasteiger partial charge in [0.15, 0.2) is 5.06 Å². The highest BCUT2D eigenvalue weighted by Crippen LogP contribution is 2.30. The third-order valence-corrected chi connectivity index (χ3v) is 5.11. The van der Waals surface area contributed by atoms with Crippen LogP contribution in [0, 0.1) is 0 Å². The summed E-state index contributed by atoms with van der Waals surface area (Å²) in [6, 6.07) is -0.607. The number of carbonyl (C=O) groups excluding carboxylic acids is 1. The maximum absolute atomic E-state index is 12.3. The van der Waals surface area contributed by atoms with Gasteiger partial charge in [-0.2, -0.15) is 0 Å². The molecule has 0 bridgehead atoms. The van der Waals surface area contributed by atoms with Crippen LogP contribution in [0.15, 0.2) is 15.3 Å². The van der Waals surface area contributed by atoms with Crippen LogP contribution in [0.5, 0.6) is 5.06 Å². The van der Waals surface area contributed by atoms with E-state index in [1.165, 1.54) is 30.2 Å². The van der Waals surface area contributed by atoms with Gasteiger partial charge in [-0.1, -0.05) is 25.6 Å². The van der Waals surface area contributed by atoms with Crippen molar-refractivity contribution in [1.29, 1.82) is 0 Å². The molecule has 0 aromatic carbocycles. The van der Waals surface area contributed by atoms with Crippen molar-refractivity contribution in [1.82, 2.24) is 19.8 Å². The lowest BCUT2D eigenvalue weighted by Crippen LogP contribution is -2.38. The molecule has 0 aliphatic carbocycles. The first kappa shape index (κ1) is 18.4. The molecule has 0 aliphatic heterocycles. The highest BCUT2D eigenvalue weighted by atomic mass is 32.2. The number of aromatic nitrogens is 3. The Bertz CT molecular complexity index is 744. The quantitative estimate of drug-likeness (QED) is 0.743. The van der Waals surface area contributed by atoms with E-state index in [1.54, 1.807) is 7.11 Å². The average molecular weight is 372 g/mol. The average Bonchev–Trinajstić information content (AvgIpc) is 3.13. The second kappa shape index (κ2) is 8.25. The summed E-state index contributed by atoms with van der Waals surface area (Å²) in [6.07, 6.45) is 0.834. The Kier molecular flexibility index (Phi) is 6.32. The van der Waals surface area contributed by atoms with E-state index in [0.29, 0.717) is 10.9 Å². The minimum atomic E-state index is -0.640. The minimum absolute atomic E-state index is 0.261. The number of aryl methyl sites for hydroxylation is 1. The number of ether oxygens (including phenoxy) is 1. The molecule has 0 aliphatic rings. The van der Waals surface area contributed by atoms with E-state index in [9.17, 15) is 9.59 Å². The van der Waals surface area contributed by atoms with Crippen LogP contribution in [0.2, 0.25) is 0 Å².